The monoisotopic (exact) mass is 404 g/mol. The van der Waals surface area contributed by atoms with E-state index in [9.17, 15) is 14.0 Å². The molecule has 0 atom stereocenters. The quantitative estimate of drug-likeness (QED) is 0.392. The van der Waals surface area contributed by atoms with E-state index in [2.05, 4.69) is 4.98 Å². The summed E-state index contributed by atoms with van der Waals surface area (Å²) in [5, 5.41) is 0. The SMILES string of the molecule is CCC(=O)N(C)c1ccc(-c2ccc(C(=O)CCc3cccnc3F)c(C)c2)cc1. The number of carbonyl (C=O) groups excluding carboxylic acids is 2. The third-order valence-corrected chi connectivity index (χ3v) is 5.25. The Morgan fingerprint density at radius 3 is 2.37 bits per heavy atom. The Morgan fingerprint density at radius 1 is 1.03 bits per heavy atom. The van der Waals surface area contributed by atoms with Crippen molar-refractivity contribution >= 4 is 17.4 Å². The Hall–Kier alpha value is -3.34. The summed E-state index contributed by atoms with van der Waals surface area (Å²) >= 11 is 0. The molecule has 3 rings (SSSR count). The van der Waals surface area contributed by atoms with Gasteiger partial charge in [0, 0.05) is 42.9 Å². The number of amides is 1. The summed E-state index contributed by atoms with van der Waals surface area (Å²) in [5.74, 6) is -0.475. The van der Waals surface area contributed by atoms with Gasteiger partial charge in [-0.25, -0.2) is 4.98 Å². The van der Waals surface area contributed by atoms with E-state index in [1.807, 2.05) is 56.3 Å². The third-order valence-electron chi connectivity index (χ3n) is 5.25. The predicted octanol–water partition coefficient (Wildman–Crippen LogP) is 5.38. The molecule has 5 heteroatoms. The second kappa shape index (κ2) is 9.44. The molecule has 0 saturated carbocycles. The fourth-order valence-electron chi connectivity index (χ4n) is 3.40. The van der Waals surface area contributed by atoms with Crippen LogP contribution in [0.25, 0.3) is 11.1 Å². The van der Waals surface area contributed by atoms with Crippen LogP contribution in [-0.4, -0.2) is 23.7 Å². The Bertz CT molecular complexity index is 1060. The summed E-state index contributed by atoms with van der Waals surface area (Å²) in [6.07, 6.45) is 2.41. The van der Waals surface area contributed by atoms with E-state index in [-0.39, 0.29) is 18.1 Å². The van der Waals surface area contributed by atoms with Crippen molar-refractivity contribution in [2.45, 2.75) is 33.1 Å². The first kappa shape index (κ1) is 21.4. The van der Waals surface area contributed by atoms with E-state index in [0.717, 1.165) is 22.4 Å². The molecule has 0 fully saturated rings. The number of hydrogen-bond donors (Lipinski definition) is 0. The normalized spacial score (nSPS) is 10.7. The second-order valence-electron chi connectivity index (χ2n) is 7.26. The van der Waals surface area contributed by atoms with Crippen LogP contribution in [0.2, 0.25) is 0 Å². The van der Waals surface area contributed by atoms with E-state index in [1.165, 1.54) is 6.20 Å². The summed E-state index contributed by atoms with van der Waals surface area (Å²) in [7, 11) is 1.77. The number of hydrogen-bond acceptors (Lipinski definition) is 3. The Kier molecular flexibility index (Phi) is 6.72. The minimum absolute atomic E-state index is 0.0163. The fraction of sp³-hybridized carbons (Fsp3) is 0.240. The highest BCUT2D eigenvalue weighted by Crippen LogP contribution is 2.26. The molecular weight excluding hydrogens is 379 g/mol. The number of benzene rings is 2. The van der Waals surface area contributed by atoms with Crippen molar-refractivity contribution in [1.29, 1.82) is 0 Å². The van der Waals surface area contributed by atoms with Crippen LogP contribution in [-0.2, 0) is 11.2 Å². The van der Waals surface area contributed by atoms with Gasteiger partial charge in [-0.2, -0.15) is 4.39 Å². The molecule has 0 saturated heterocycles. The number of rotatable bonds is 7. The molecule has 154 valence electrons. The fourth-order valence-corrected chi connectivity index (χ4v) is 3.40. The van der Waals surface area contributed by atoms with E-state index >= 15 is 0 Å². The largest absolute Gasteiger partial charge is 0.316 e. The van der Waals surface area contributed by atoms with Crippen molar-refractivity contribution < 1.29 is 14.0 Å². The van der Waals surface area contributed by atoms with Crippen LogP contribution in [0.3, 0.4) is 0 Å². The molecule has 1 aromatic heterocycles. The van der Waals surface area contributed by atoms with Gasteiger partial charge in [-0.3, -0.25) is 9.59 Å². The van der Waals surface area contributed by atoms with E-state index in [1.54, 1.807) is 24.1 Å². The summed E-state index contributed by atoms with van der Waals surface area (Å²) in [6, 6.07) is 16.8. The Morgan fingerprint density at radius 2 is 1.73 bits per heavy atom. The van der Waals surface area contributed by atoms with Gasteiger partial charge in [0.15, 0.2) is 5.78 Å². The zero-order valence-electron chi connectivity index (χ0n) is 17.5. The lowest BCUT2D eigenvalue weighted by Gasteiger charge is -2.17. The zero-order chi connectivity index (χ0) is 21.7. The lowest BCUT2D eigenvalue weighted by Crippen LogP contribution is -2.24. The standard InChI is InChI=1S/C25H25FN2O2/c1-4-24(30)28(3)21-11-7-18(8-12-21)20-9-13-22(17(2)16-20)23(29)14-10-19-6-5-15-27-25(19)26/h5-9,11-13,15-16H,4,10,14H2,1-3H3. The molecule has 1 heterocycles. The van der Waals surface area contributed by atoms with Gasteiger partial charge < -0.3 is 4.90 Å². The number of halogens is 1. The number of aryl methyl sites for hydroxylation is 2. The highest BCUT2D eigenvalue weighted by Gasteiger charge is 2.13. The topological polar surface area (TPSA) is 50.3 Å². The van der Waals surface area contributed by atoms with Gasteiger partial charge in [-0.15, -0.1) is 0 Å². The van der Waals surface area contributed by atoms with Crippen molar-refractivity contribution in [2.75, 3.05) is 11.9 Å². The van der Waals surface area contributed by atoms with Crippen LogP contribution in [0.5, 0.6) is 0 Å². The minimum atomic E-state index is -0.521. The smallest absolute Gasteiger partial charge is 0.226 e. The van der Waals surface area contributed by atoms with Crippen LogP contribution in [0.15, 0.2) is 60.8 Å². The molecule has 0 aliphatic heterocycles. The molecule has 0 spiro atoms. The summed E-state index contributed by atoms with van der Waals surface area (Å²) in [6.45, 7) is 3.75. The highest BCUT2D eigenvalue weighted by atomic mass is 19.1. The summed E-state index contributed by atoms with van der Waals surface area (Å²) in [4.78, 5) is 29.7. The summed E-state index contributed by atoms with van der Waals surface area (Å²) < 4.78 is 13.7. The molecule has 1 amide bonds. The molecule has 4 nitrogen and oxygen atoms in total. The van der Waals surface area contributed by atoms with E-state index < -0.39 is 5.95 Å². The lowest BCUT2D eigenvalue weighted by atomic mass is 9.95. The number of nitrogens with zero attached hydrogens (tertiary/aromatic N) is 2. The van der Waals surface area contributed by atoms with E-state index in [0.29, 0.717) is 24.0 Å². The maximum atomic E-state index is 13.7. The van der Waals surface area contributed by atoms with Gasteiger partial charge in [0.2, 0.25) is 11.9 Å². The number of Topliss-reactive ketones (excluding diaryl/α,β-unsaturated/α-hetero) is 1. The van der Waals surface area contributed by atoms with Crippen molar-refractivity contribution in [3.63, 3.8) is 0 Å². The van der Waals surface area contributed by atoms with Gasteiger partial charge in [-0.1, -0.05) is 43.3 Å². The van der Waals surface area contributed by atoms with Gasteiger partial charge in [0.05, 0.1) is 0 Å². The first-order chi connectivity index (χ1) is 14.4. The van der Waals surface area contributed by atoms with Crippen LogP contribution in [0.1, 0.15) is 41.3 Å². The average molecular weight is 404 g/mol. The van der Waals surface area contributed by atoms with Gasteiger partial charge in [0.25, 0.3) is 0 Å². The molecule has 0 aliphatic rings. The van der Waals surface area contributed by atoms with Crippen LogP contribution in [0.4, 0.5) is 10.1 Å². The zero-order valence-corrected chi connectivity index (χ0v) is 17.5. The molecule has 0 unspecified atom stereocenters. The molecule has 30 heavy (non-hydrogen) atoms. The van der Waals surface area contributed by atoms with Crippen molar-refractivity contribution in [3.05, 3.63) is 83.4 Å². The molecule has 2 aromatic carbocycles. The third kappa shape index (κ3) is 4.79. The molecule has 0 radical (unpaired) electrons. The Labute approximate surface area is 176 Å². The number of anilines is 1. The maximum Gasteiger partial charge on any atom is 0.226 e. The number of pyridine rings is 1. The first-order valence-corrected chi connectivity index (χ1v) is 10.0. The second-order valence-corrected chi connectivity index (χ2v) is 7.26. The molecular formula is C25H25FN2O2. The predicted molar refractivity (Wildman–Crippen MR) is 117 cm³/mol. The van der Waals surface area contributed by atoms with Crippen LogP contribution >= 0.6 is 0 Å². The van der Waals surface area contributed by atoms with Gasteiger partial charge in [-0.05, 0) is 48.2 Å². The molecule has 0 N–H and O–H groups in total. The molecule has 0 aliphatic carbocycles. The summed E-state index contributed by atoms with van der Waals surface area (Å²) in [5.41, 5.74) is 4.83. The lowest BCUT2D eigenvalue weighted by molar-refractivity contribution is -0.118. The average Bonchev–Trinajstić information content (AvgIpc) is 2.77. The van der Waals surface area contributed by atoms with Gasteiger partial charge >= 0.3 is 0 Å². The number of ketones is 1. The molecule has 0 bridgehead atoms. The number of aromatic nitrogens is 1. The van der Waals surface area contributed by atoms with E-state index in [4.69, 9.17) is 0 Å². The van der Waals surface area contributed by atoms with Crippen LogP contribution in [0, 0.1) is 12.9 Å². The highest BCUT2D eigenvalue weighted by molar-refractivity contribution is 5.98. The maximum absolute atomic E-state index is 13.7. The van der Waals surface area contributed by atoms with Gasteiger partial charge in [0.1, 0.15) is 0 Å². The van der Waals surface area contributed by atoms with Crippen LogP contribution < -0.4 is 4.90 Å². The molecule has 3 aromatic rings. The minimum Gasteiger partial charge on any atom is -0.316 e. The number of carbonyl (C=O) groups is 2. The first-order valence-electron chi connectivity index (χ1n) is 10.0. The van der Waals surface area contributed by atoms with Crippen molar-refractivity contribution in [1.82, 2.24) is 4.98 Å². The Balaban J connectivity index is 1.72. The van der Waals surface area contributed by atoms with Crippen molar-refractivity contribution in [2.24, 2.45) is 0 Å². The van der Waals surface area contributed by atoms with Crippen molar-refractivity contribution in [3.8, 4) is 11.1 Å².